The van der Waals surface area contributed by atoms with Crippen LogP contribution >= 0.6 is 0 Å². The lowest BCUT2D eigenvalue weighted by atomic mass is 10.0. The fourth-order valence-corrected chi connectivity index (χ4v) is 3.65. The molecule has 4 aromatic carbocycles. The van der Waals surface area contributed by atoms with Gasteiger partial charge in [-0.1, -0.05) is 78.9 Å². The number of carboxylic acids is 1. The number of ether oxygens (including phenoxy) is 1. The molecule has 0 aliphatic carbocycles. The molecule has 170 valence electrons. The number of benzene rings is 4. The zero-order valence-corrected chi connectivity index (χ0v) is 18.9. The van der Waals surface area contributed by atoms with E-state index in [9.17, 15) is 4.79 Å². The van der Waals surface area contributed by atoms with Gasteiger partial charge in [-0.3, -0.25) is 0 Å². The van der Waals surface area contributed by atoms with Gasteiger partial charge in [-0.25, -0.2) is 4.79 Å². The van der Waals surface area contributed by atoms with Gasteiger partial charge in [0.05, 0.1) is 6.61 Å². The van der Waals surface area contributed by atoms with Gasteiger partial charge in [0.25, 0.3) is 0 Å². The molecule has 0 bridgehead atoms. The minimum Gasteiger partial charge on any atom is -0.507 e. The molecule has 0 amide bonds. The molecule has 5 nitrogen and oxygen atoms in total. The van der Waals surface area contributed by atoms with E-state index < -0.39 is 5.97 Å². The molecule has 0 aliphatic rings. The second kappa shape index (κ2) is 11.7. The molecule has 5 heteroatoms. The molecule has 0 saturated heterocycles. The van der Waals surface area contributed by atoms with Crippen LogP contribution < -0.4 is 4.74 Å². The Kier molecular flexibility index (Phi) is 8.44. The molecule has 33 heavy (non-hydrogen) atoms. The van der Waals surface area contributed by atoms with E-state index in [4.69, 9.17) is 14.9 Å². The smallest absolute Gasteiger partial charge is 0.339 e. The molecule has 4 rings (SSSR count). The lowest BCUT2D eigenvalue weighted by Crippen LogP contribution is -2.22. The number of phenols is 1. The minimum atomic E-state index is -1.11. The molecule has 1 atom stereocenters. The molecule has 0 saturated carbocycles. The highest BCUT2D eigenvalue weighted by atomic mass is 16.5. The highest BCUT2D eigenvalue weighted by Crippen LogP contribution is 2.27. The summed E-state index contributed by atoms with van der Waals surface area (Å²) < 4.78 is 6.09. The third-order valence-corrected chi connectivity index (χ3v) is 5.34. The number of nitrogens with zero attached hydrogens (tertiary/aromatic N) is 1. The maximum Gasteiger partial charge on any atom is 0.339 e. The van der Waals surface area contributed by atoms with E-state index in [1.807, 2.05) is 0 Å². The van der Waals surface area contributed by atoms with Crippen LogP contribution in [0.2, 0.25) is 0 Å². The van der Waals surface area contributed by atoms with Crippen LogP contribution in [-0.2, 0) is 0 Å². The highest BCUT2D eigenvalue weighted by Gasteiger charge is 2.14. The van der Waals surface area contributed by atoms with Crippen molar-refractivity contribution in [1.29, 1.82) is 0 Å². The van der Waals surface area contributed by atoms with Crippen molar-refractivity contribution in [3.05, 3.63) is 108 Å². The number of aromatic carboxylic acids is 1. The average molecular weight is 444 g/mol. The largest absolute Gasteiger partial charge is 0.507 e. The van der Waals surface area contributed by atoms with E-state index in [1.165, 1.54) is 28.5 Å². The van der Waals surface area contributed by atoms with Crippen molar-refractivity contribution in [1.82, 2.24) is 4.90 Å². The summed E-state index contributed by atoms with van der Waals surface area (Å²) in [6, 6.07) is 31.4. The third kappa shape index (κ3) is 6.57. The van der Waals surface area contributed by atoms with Crippen LogP contribution in [0.5, 0.6) is 11.5 Å². The molecule has 2 N–H and O–H groups in total. The second-order valence-corrected chi connectivity index (χ2v) is 7.83. The quantitative estimate of drug-likeness (QED) is 0.366. The number of hydrogen-bond acceptors (Lipinski definition) is 4. The molecular weight excluding hydrogens is 414 g/mol. The molecule has 0 spiro atoms. The lowest BCUT2D eigenvalue weighted by molar-refractivity contribution is 0.0693. The molecule has 0 unspecified atom stereocenters. The van der Waals surface area contributed by atoms with E-state index >= 15 is 0 Å². The standard InChI is InChI=1S/C21H23NO.C7H6O3/c1-22(2)20(18-10-4-3-5-11-18)15-16-23-21-14-8-12-17-9-6-7-13-19(17)21;8-6-4-2-1-3-5(6)7(9)10/h3-14,20H,15-16H2,1-2H3;1-4,8H,(H,9,10)/t20-;/m0./s1. The van der Waals surface area contributed by atoms with Crippen LogP contribution in [-0.4, -0.2) is 41.8 Å². The van der Waals surface area contributed by atoms with E-state index in [-0.39, 0.29) is 11.3 Å². The van der Waals surface area contributed by atoms with Crippen molar-refractivity contribution in [2.45, 2.75) is 12.5 Å². The van der Waals surface area contributed by atoms with Gasteiger partial charge in [0.1, 0.15) is 17.1 Å². The lowest BCUT2D eigenvalue weighted by Gasteiger charge is -2.25. The van der Waals surface area contributed by atoms with Crippen LogP contribution in [0.25, 0.3) is 10.8 Å². The number of rotatable bonds is 7. The van der Waals surface area contributed by atoms with E-state index in [2.05, 4.69) is 91.8 Å². The zero-order valence-electron chi connectivity index (χ0n) is 18.9. The molecule has 4 aromatic rings. The topological polar surface area (TPSA) is 70.0 Å². The Bertz CT molecular complexity index is 1170. The van der Waals surface area contributed by atoms with E-state index in [0.29, 0.717) is 12.6 Å². The van der Waals surface area contributed by atoms with Gasteiger partial charge < -0.3 is 19.8 Å². The maximum absolute atomic E-state index is 10.3. The van der Waals surface area contributed by atoms with Crippen molar-refractivity contribution >= 4 is 16.7 Å². The van der Waals surface area contributed by atoms with Gasteiger partial charge in [-0.15, -0.1) is 0 Å². The predicted octanol–water partition coefficient (Wildman–Crippen LogP) is 6.00. The normalized spacial score (nSPS) is 11.5. The average Bonchev–Trinajstić information content (AvgIpc) is 2.83. The maximum atomic E-state index is 10.3. The van der Waals surface area contributed by atoms with Crippen LogP contribution in [0.4, 0.5) is 0 Å². The zero-order chi connectivity index (χ0) is 23.6. The van der Waals surface area contributed by atoms with Crippen LogP contribution in [0.3, 0.4) is 0 Å². The van der Waals surface area contributed by atoms with Crippen molar-refractivity contribution in [2.75, 3.05) is 20.7 Å². The fourth-order valence-electron chi connectivity index (χ4n) is 3.65. The summed E-state index contributed by atoms with van der Waals surface area (Å²) in [5.74, 6) is -0.346. The van der Waals surface area contributed by atoms with Crippen LogP contribution in [0.15, 0.2) is 97.1 Å². The van der Waals surface area contributed by atoms with E-state index in [0.717, 1.165) is 12.2 Å². The molecule has 0 fully saturated rings. The number of para-hydroxylation sites is 1. The Labute approximate surface area is 194 Å². The Morgan fingerprint density at radius 3 is 2.15 bits per heavy atom. The Balaban J connectivity index is 0.000000257. The van der Waals surface area contributed by atoms with Crippen LogP contribution in [0, 0.1) is 0 Å². The van der Waals surface area contributed by atoms with Crippen molar-refractivity contribution < 1.29 is 19.7 Å². The fraction of sp³-hybridized carbons (Fsp3) is 0.179. The summed E-state index contributed by atoms with van der Waals surface area (Å²) in [4.78, 5) is 12.5. The second-order valence-electron chi connectivity index (χ2n) is 7.83. The van der Waals surface area contributed by atoms with Crippen molar-refractivity contribution in [2.24, 2.45) is 0 Å². The van der Waals surface area contributed by atoms with Gasteiger partial charge in [0, 0.05) is 17.8 Å². The van der Waals surface area contributed by atoms with Gasteiger partial charge in [0.2, 0.25) is 0 Å². The first-order chi connectivity index (χ1) is 16.0. The first kappa shape index (κ1) is 23.8. The summed E-state index contributed by atoms with van der Waals surface area (Å²) in [5, 5.41) is 19.7. The first-order valence-corrected chi connectivity index (χ1v) is 10.8. The van der Waals surface area contributed by atoms with E-state index in [1.54, 1.807) is 12.1 Å². The third-order valence-electron chi connectivity index (χ3n) is 5.34. The van der Waals surface area contributed by atoms with Crippen LogP contribution in [0.1, 0.15) is 28.4 Å². The van der Waals surface area contributed by atoms with Crippen molar-refractivity contribution in [3.63, 3.8) is 0 Å². The molecular formula is C28H29NO4. The number of hydrogen-bond donors (Lipinski definition) is 2. The summed E-state index contributed by atoms with van der Waals surface area (Å²) in [6.45, 7) is 0.700. The first-order valence-electron chi connectivity index (χ1n) is 10.8. The number of fused-ring (bicyclic) bond motifs is 1. The predicted molar refractivity (Wildman–Crippen MR) is 132 cm³/mol. The Morgan fingerprint density at radius 1 is 0.848 bits per heavy atom. The summed E-state index contributed by atoms with van der Waals surface area (Å²) in [6.07, 6.45) is 0.959. The molecule has 0 heterocycles. The molecule has 0 aliphatic heterocycles. The summed E-state index contributed by atoms with van der Waals surface area (Å²) in [5.41, 5.74) is 1.27. The Morgan fingerprint density at radius 2 is 1.48 bits per heavy atom. The molecule has 0 radical (unpaired) electrons. The Hall–Kier alpha value is -3.83. The number of carboxylic acid groups (broad SMARTS) is 1. The van der Waals surface area contributed by atoms with Gasteiger partial charge in [-0.2, -0.15) is 0 Å². The summed E-state index contributed by atoms with van der Waals surface area (Å²) in [7, 11) is 4.24. The van der Waals surface area contributed by atoms with Gasteiger partial charge in [-0.05, 0) is 43.2 Å². The number of aromatic hydroxyl groups is 1. The molecule has 0 aromatic heterocycles. The van der Waals surface area contributed by atoms with Gasteiger partial charge >= 0.3 is 5.97 Å². The highest BCUT2D eigenvalue weighted by molar-refractivity contribution is 5.90. The minimum absolute atomic E-state index is 0.0671. The van der Waals surface area contributed by atoms with Gasteiger partial charge in [0.15, 0.2) is 0 Å². The monoisotopic (exact) mass is 443 g/mol. The van der Waals surface area contributed by atoms with Crippen molar-refractivity contribution in [3.8, 4) is 11.5 Å². The summed E-state index contributed by atoms with van der Waals surface area (Å²) >= 11 is 0. The SMILES string of the molecule is CN(C)[C@@H](CCOc1cccc2ccccc12)c1ccccc1.O=C(O)c1ccccc1O. The number of carbonyl (C=O) groups is 1.